The molecule has 4 rings (SSSR count). The molecule has 7 nitrogen and oxygen atoms in total. The van der Waals surface area contributed by atoms with Gasteiger partial charge in [0, 0.05) is 43.6 Å². The summed E-state index contributed by atoms with van der Waals surface area (Å²) in [6.45, 7) is 7.52. The maximum absolute atomic E-state index is 12.7. The Hall–Kier alpha value is -2.22. The molecule has 172 valence electrons. The highest BCUT2D eigenvalue weighted by molar-refractivity contribution is 6.33. The number of ether oxygens (including phenoxy) is 1. The van der Waals surface area contributed by atoms with E-state index in [-0.39, 0.29) is 17.4 Å². The molecule has 2 aromatic rings. The summed E-state index contributed by atoms with van der Waals surface area (Å²) in [4.78, 5) is 21.8. The van der Waals surface area contributed by atoms with Gasteiger partial charge in [-0.2, -0.15) is 0 Å². The third-order valence-electron chi connectivity index (χ3n) is 6.36. The lowest BCUT2D eigenvalue weighted by molar-refractivity contribution is -0.120. The number of carbonyl (C=O) groups excluding carboxylic acids is 1. The summed E-state index contributed by atoms with van der Waals surface area (Å²) in [6, 6.07) is 7.63. The van der Waals surface area contributed by atoms with Crippen LogP contribution in [0.1, 0.15) is 39.5 Å². The fraction of sp³-hybridized carbons (Fsp3) is 0.542. The van der Waals surface area contributed by atoms with Crippen LogP contribution in [0.2, 0.25) is 5.02 Å². The highest BCUT2D eigenvalue weighted by Crippen LogP contribution is 2.30. The fourth-order valence-corrected chi connectivity index (χ4v) is 4.36. The van der Waals surface area contributed by atoms with Crippen LogP contribution in [0.3, 0.4) is 0 Å². The Bertz CT molecular complexity index is 936. The Balaban J connectivity index is 1.42. The SMILES string of the molecule is CC1(C)CCC(C(=O)Nc2cc(-c3cccc(NCC4CCOCC4)n3)c(Cl)cn2)CN1. The molecule has 0 aromatic carbocycles. The first-order chi connectivity index (χ1) is 15.4. The van der Waals surface area contributed by atoms with Crippen molar-refractivity contribution in [3.63, 3.8) is 0 Å². The largest absolute Gasteiger partial charge is 0.381 e. The number of carbonyl (C=O) groups is 1. The molecular weight excluding hydrogens is 426 g/mol. The Kier molecular flexibility index (Phi) is 7.28. The first-order valence-electron chi connectivity index (χ1n) is 11.4. The van der Waals surface area contributed by atoms with E-state index in [9.17, 15) is 4.79 Å². The Morgan fingerprint density at radius 2 is 2.06 bits per heavy atom. The zero-order valence-corrected chi connectivity index (χ0v) is 19.5. The van der Waals surface area contributed by atoms with Crippen molar-refractivity contribution in [1.29, 1.82) is 0 Å². The molecule has 0 spiro atoms. The van der Waals surface area contributed by atoms with Gasteiger partial charge in [-0.05, 0) is 63.6 Å². The molecule has 2 aliphatic rings. The molecule has 3 N–H and O–H groups in total. The van der Waals surface area contributed by atoms with Crippen LogP contribution in [0.4, 0.5) is 11.6 Å². The highest BCUT2D eigenvalue weighted by Gasteiger charge is 2.30. The maximum Gasteiger partial charge on any atom is 0.229 e. The van der Waals surface area contributed by atoms with Gasteiger partial charge in [0.15, 0.2) is 0 Å². The Morgan fingerprint density at radius 3 is 2.81 bits per heavy atom. The van der Waals surface area contributed by atoms with Gasteiger partial charge in [0.05, 0.1) is 16.6 Å². The van der Waals surface area contributed by atoms with Crippen LogP contribution in [0, 0.1) is 11.8 Å². The van der Waals surface area contributed by atoms with Gasteiger partial charge in [0.25, 0.3) is 0 Å². The van der Waals surface area contributed by atoms with Crippen LogP contribution in [-0.4, -0.2) is 47.7 Å². The molecule has 0 bridgehead atoms. The van der Waals surface area contributed by atoms with Gasteiger partial charge in [-0.1, -0.05) is 17.7 Å². The average molecular weight is 458 g/mol. The molecule has 0 saturated carbocycles. The van der Waals surface area contributed by atoms with Crippen molar-refractivity contribution in [1.82, 2.24) is 15.3 Å². The second kappa shape index (κ2) is 10.1. The molecule has 1 atom stereocenters. The minimum Gasteiger partial charge on any atom is -0.381 e. The molecule has 1 amide bonds. The van der Waals surface area contributed by atoms with E-state index in [1.54, 1.807) is 12.3 Å². The van der Waals surface area contributed by atoms with Crippen LogP contribution in [0.5, 0.6) is 0 Å². The van der Waals surface area contributed by atoms with E-state index in [4.69, 9.17) is 21.3 Å². The lowest BCUT2D eigenvalue weighted by Crippen LogP contribution is -2.49. The van der Waals surface area contributed by atoms with Gasteiger partial charge < -0.3 is 20.7 Å². The summed E-state index contributed by atoms with van der Waals surface area (Å²) < 4.78 is 5.43. The average Bonchev–Trinajstić information content (AvgIpc) is 2.80. The molecule has 2 aliphatic heterocycles. The summed E-state index contributed by atoms with van der Waals surface area (Å²) in [5.41, 5.74) is 1.57. The number of rotatable bonds is 6. The second-order valence-corrected chi connectivity index (χ2v) is 9.79. The van der Waals surface area contributed by atoms with Crippen LogP contribution in [0.25, 0.3) is 11.3 Å². The first kappa shape index (κ1) is 23.0. The highest BCUT2D eigenvalue weighted by atomic mass is 35.5. The predicted molar refractivity (Wildman–Crippen MR) is 128 cm³/mol. The van der Waals surface area contributed by atoms with Crippen LogP contribution < -0.4 is 16.0 Å². The van der Waals surface area contributed by atoms with Gasteiger partial charge in [0.1, 0.15) is 11.6 Å². The summed E-state index contributed by atoms with van der Waals surface area (Å²) in [7, 11) is 0. The van der Waals surface area contributed by atoms with Crippen molar-refractivity contribution in [2.24, 2.45) is 11.8 Å². The Morgan fingerprint density at radius 1 is 1.25 bits per heavy atom. The Labute approximate surface area is 194 Å². The second-order valence-electron chi connectivity index (χ2n) is 9.38. The summed E-state index contributed by atoms with van der Waals surface area (Å²) in [6.07, 6.45) is 5.52. The van der Waals surface area contributed by atoms with Gasteiger partial charge in [-0.15, -0.1) is 0 Å². The normalized spacial score (nSPS) is 21.2. The first-order valence-corrected chi connectivity index (χ1v) is 11.8. The van der Waals surface area contributed by atoms with E-state index in [2.05, 4.69) is 34.8 Å². The van der Waals surface area contributed by atoms with E-state index in [1.165, 1.54) is 0 Å². The quantitative estimate of drug-likeness (QED) is 0.597. The number of pyridine rings is 2. The molecule has 8 heteroatoms. The minimum atomic E-state index is -0.0696. The van der Waals surface area contributed by atoms with Crippen LogP contribution >= 0.6 is 11.6 Å². The molecule has 32 heavy (non-hydrogen) atoms. The third-order valence-corrected chi connectivity index (χ3v) is 6.66. The van der Waals surface area contributed by atoms with Gasteiger partial charge in [-0.3, -0.25) is 4.79 Å². The van der Waals surface area contributed by atoms with E-state index < -0.39 is 0 Å². The molecule has 2 saturated heterocycles. The number of aromatic nitrogens is 2. The van der Waals surface area contributed by atoms with Gasteiger partial charge in [0.2, 0.25) is 5.91 Å². The molecule has 1 unspecified atom stereocenters. The summed E-state index contributed by atoms with van der Waals surface area (Å²) in [5.74, 6) is 1.80. The van der Waals surface area contributed by atoms with Crippen LogP contribution in [0.15, 0.2) is 30.5 Å². The van der Waals surface area contributed by atoms with Gasteiger partial charge in [-0.25, -0.2) is 9.97 Å². The predicted octanol–water partition coefficient (Wildman–Crippen LogP) is 4.35. The number of hydrogen-bond donors (Lipinski definition) is 3. The molecular formula is C24H32ClN5O2. The number of hydrogen-bond acceptors (Lipinski definition) is 6. The van der Waals surface area contributed by atoms with E-state index in [1.807, 2.05) is 18.2 Å². The number of amides is 1. The van der Waals surface area contributed by atoms with Crippen molar-refractivity contribution in [3.8, 4) is 11.3 Å². The zero-order valence-electron chi connectivity index (χ0n) is 18.8. The molecule has 0 radical (unpaired) electrons. The lowest BCUT2D eigenvalue weighted by atomic mass is 9.86. The van der Waals surface area contributed by atoms with Crippen molar-refractivity contribution in [2.75, 3.05) is 36.9 Å². The molecule has 4 heterocycles. The number of nitrogens with one attached hydrogen (secondary N) is 3. The minimum absolute atomic E-state index is 0.0198. The van der Waals surface area contributed by atoms with E-state index in [0.29, 0.717) is 23.3 Å². The van der Waals surface area contributed by atoms with Gasteiger partial charge >= 0.3 is 0 Å². The summed E-state index contributed by atoms with van der Waals surface area (Å²) in [5, 5.41) is 10.3. The van der Waals surface area contributed by atoms with Crippen molar-refractivity contribution >= 4 is 29.1 Å². The number of nitrogens with zero attached hydrogens (tertiary/aromatic N) is 2. The van der Waals surface area contributed by atoms with Crippen molar-refractivity contribution < 1.29 is 9.53 Å². The van der Waals surface area contributed by atoms with E-state index in [0.717, 1.165) is 62.5 Å². The van der Waals surface area contributed by atoms with Crippen molar-refractivity contribution in [3.05, 3.63) is 35.5 Å². The standard InChI is InChI=1S/C24H32ClN5O2/c1-24(2)9-6-17(14-28-24)23(31)30-22-12-18(19(25)15-27-22)20-4-3-5-21(29-20)26-13-16-7-10-32-11-8-16/h3-5,12,15-17,28H,6-11,13-14H2,1-2H3,(H,26,29)(H,27,30,31). The fourth-order valence-electron chi connectivity index (χ4n) is 4.16. The third kappa shape index (κ3) is 5.97. The number of piperidine rings is 1. The maximum atomic E-state index is 12.7. The lowest BCUT2D eigenvalue weighted by Gasteiger charge is -2.35. The van der Waals surface area contributed by atoms with Crippen LogP contribution in [-0.2, 0) is 9.53 Å². The molecule has 2 fully saturated rings. The number of halogens is 1. The van der Waals surface area contributed by atoms with E-state index >= 15 is 0 Å². The number of anilines is 2. The van der Waals surface area contributed by atoms with Crippen molar-refractivity contribution in [2.45, 2.75) is 45.1 Å². The monoisotopic (exact) mass is 457 g/mol. The molecule has 0 aliphatic carbocycles. The topological polar surface area (TPSA) is 88.2 Å². The smallest absolute Gasteiger partial charge is 0.229 e. The summed E-state index contributed by atoms with van der Waals surface area (Å²) >= 11 is 6.44. The zero-order chi connectivity index (χ0) is 22.6. The molecule has 2 aromatic heterocycles.